The van der Waals surface area contributed by atoms with Crippen molar-refractivity contribution >= 4 is 23.2 Å². The lowest BCUT2D eigenvalue weighted by molar-refractivity contribution is -0.114. The predicted molar refractivity (Wildman–Crippen MR) is 116 cm³/mol. The maximum atomic E-state index is 12.7. The van der Waals surface area contributed by atoms with E-state index in [1.165, 1.54) is 14.0 Å². The SMILES string of the molecule is COc1ccc(OC)c(Cc2ccc(C(=O)Nc3cc(NC(C)=O)ccc3OC)o2)c1. The molecule has 0 unspecified atom stereocenters. The quantitative estimate of drug-likeness (QED) is 0.565. The highest BCUT2D eigenvalue weighted by atomic mass is 16.5. The van der Waals surface area contributed by atoms with Gasteiger partial charge in [0.25, 0.3) is 5.91 Å². The molecule has 3 rings (SSSR count). The Labute approximate surface area is 180 Å². The average molecular weight is 424 g/mol. The summed E-state index contributed by atoms with van der Waals surface area (Å²) in [4.78, 5) is 24.0. The monoisotopic (exact) mass is 424 g/mol. The van der Waals surface area contributed by atoms with Crippen molar-refractivity contribution in [1.29, 1.82) is 0 Å². The first-order valence-corrected chi connectivity index (χ1v) is 9.50. The van der Waals surface area contributed by atoms with E-state index in [0.29, 0.717) is 40.8 Å². The molecule has 0 atom stereocenters. The molecule has 0 saturated heterocycles. The van der Waals surface area contributed by atoms with Gasteiger partial charge in [0.15, 0.2) is 5.76 Å². The summed E-state index contributed by atoms with van der Waals surface area (Å²) < 4.78 is 21.7. The molecule has 0 aliphatic heterocycles. The minimum atomic E-state index is -0.442. The molecule has 1 aromatic heterocycles. The number of nitrogens with one attached hydrogen (secondary N) is 2. The van der Waals surface area contributed by atoms with E-state index in [1.54, 1.807) is 44.6 Å². The van der Waals surface area contributed by atoms with E-state index in [4.69, 9.17) is 18.6 Å². The highest BCUT2D eigenvalue weighted by Crippen LogP contribution is 2.29. The summed E-state index contributed by atoms with van der Waals surface area (Å²) in [5, 5.41) is 5.43. The lowest BCUT2D eigenvalue weighted by Gasteiger charge is -2.12. The van der Waals surface area contributed by atoms with Gasteiger partial charge in [0.05, 0.1) is 27.0 Å². The van der Waals surface area contributed by atoms with Crippen LogP contribution in [0.2, 0.25) is 0 Å². The van der Waals surface area contributed by atoms with Crippen LogP contribution in [0.4, 0.5) is 11.4 Å². The molecular weight excluding hydrogens is 400 g/mol. The molecule has 0 saturated carbocycles. The number of rotatable bonds is 8. The topological polar surface area (TPSA) is 99.0 Å². The van der Waals surface area contributed by atoms with Crippen molar-refractivity contribution in [3.8, 4) is 17.2 Å². The number of ether oxygens (including phenoxy) is 3. The molecule has 1 heterocycles. The van der Waals surface area contributed by atoms with Crippen molar-refractivity contribution in [3.05, 3.63) is 65.6 Å². The van der Waals surface area contributed by atoms with Gasteiger partial charge in [-0.25, -0.2) is 0 Å². The summed E-state index contributed by atoms with van der Waals surface area (Å²) in [6.07, 6.45) is 0.426. The number of carbonyl (C=O) groups excluding carboxylic acids is 2. The lowest BCUT2D eigenvalue weighted by Crippen LogP contribution is -2.13. The van der Waals surface area contributed by atoms with Crippen LogP contribution in [0.5, 0.6) is 17.2 Å². The maximum Gasteiger partial charge on any atom is 0.291 e. The van der Waals surface area contributed by atoms with E-state index in [1.807, 2.05) is 18.2 Å². The van der Waals surface area contributed by atoms with Gasteiger partial charge in [0.2, 0.25) is 5.91 Å². The molecule has 162 valence electrons. The summed E-state index contributed by atoms with van der Waals surface area (Å²) in [5.41, 5.74) is 1.81. The second-order valence-electron chi connectivity index (χ2n) is 6.67. The minimum absolute atomic E-state index is 0.142. The molecule has 0 aliphatic rings. The minimum Gasteiger partial charge on any atom is -0.497 e. The van der Waals surface area contributed by atoms with Gasteiger partial charge < -0.3 is 29.3 Å². The van der Waals surface area contributed by atoms with Gasteiger partial charge in [0.1, 0.15) is 23.0 Å². The molecule has 8 heteroatoms. The molecule has 0 fully saturated rings. The van der Waals surface area contributed by atoms with Gasteiger partial charge >= 0.3 is 0 Å². The Morgan fingerprint density at radius 1 is 0.871 bits per heavy atom. The van der Waals surface area contributed by atoms with Crippen molar-refractivity contribution in [1.82, 2.24) is 0 Å². The lowest BCUT2D eigenvalue weighted by atomic mass is 10.1. The van der Waals surface area contributed by atoms with E-state index in [9.17, 15) is 9.59 Å². The Morgan fingerprint density at radius 2 is 1.61 bits per heavy atom. The first-order valence-electron chi connectivity index (χ1n) is 9.50. The summed E-state index contributed by atoms with van der Waals surface area (Å²) in [5.74, 6) is 1.93. The zero-order valence-corrected chi connectivity index (χ0v) is 17.8. The third kappa shape index (κ3) is 5.36. The summed E-state index contributed by atoms with van der Waals surface area (Å²) in [6, 6.07) is 13.8. The van der Waals surface area contributed by atoms with Gasteiger partial charge in [-0.2, -0.15) is 0 Å². The number of hydrogen-bond acceptors (Lipinski definition) is 6. The van der Waals surface area contributed by atoms with Crippen molar-refractivity contribution in [2.45, 2.75) is 13.3 Å². The van der Waals surface area contributed by atoms with Crippen LogP contribution < -0.4 is 24.8 Å². The van der Waals surface area contributed by atoms with Gasteiger partial charge in [-0.3, -0.25) is 9.59 Å². The molecule has 3 aromatic rings. The van der Waals surface area contributed by atoms with E-state index in [2.05, 4.69) is 10.6 Å². The van der Waals surface area contributed by atoms with Crippen LogP contribution in [0.15, 0.2) is 52.9 Å². The third-order valence-electron chi connectivity index (χ3n) is 4.51. The molecule has 2 amide bonds. The molecule has 0 spiro atoms. The summed E-state index contributed by atoms with van der Waals surface area (Å²) in [6.45, 7) is 1.41. The van der Waals surface area contributed by atoms with Gasteiger partial charge in [-0.05, 0) is 48.5 Å². The fourth-order valence-corrected chi connectivity index (χ4v) is 3.07. The maximum absolute atomic E-state index is 12.7. The molecular formula is C23H24N2O6. The Bertz CT molecular complexity index is 1090. The standard InChI is InChI=1S/C23H24N2O6/c1-14(26)24-16-5-8-21(30-4)19(13-16)25-23(27)22-10-7-18(31-22)12-15-11-17(28-2)6-9-20(15)29-3/h5-11,13H,12H2,1-4H3,(H,24,26)(H,25,27). The van der Waals surface area contributed by atoms with E-state index in [0.717, 1.165) is 5.56 Å². The molecule has 0 radical (unpaired) electrons. The zero-order chi connectivity index (χ0) is 22.4. The first-order chi connectivity index (χ1) is 14.9. The number of furan rings is 1. The predicted octanol–water partition coefficient (Wildman–Crippen LogP) is 4.11. The zero-order valence-electron chi connectivity index (χ0n) is 17.8. The molecule has 0 aliphatic carbocycles. The third-order valence-corrected chi connectivity index (χ3v) is 4.51. The molecule has 31 heavy (non-hydrogen) atoms. The fourth-order valence-electron chi connectivity index (χ4n) is 3.07. The molecule has 2 aromatic carbocycles. The Hall–Kier alpha value is -3.94. The average Bonchev–Trinajstić information content (AvgIpc) is 3.22. The van der Waals surface area contributed by atoms with E-state index in [-0.39, 0.29) is 11.7 Å². The van der Waals surface area contributed by atoms with Crippen molar-refractivity contribution in [2.75, 3.05) is 32.0 Å². The number of methoxy groups -OCH3 is 3. The molecule has 2 N–H and O–H groups in total. The summed E-state index contributed by atoms with van der Waals surface area (Å²) >= 11 is 0. The van der Waals surface area contributed by atoms with E-state index >= 15 is 0 Å². The van der Waals surface area contributed by atoms with Crippen LogP contribution in [0.1, 0.15) is 28.8 Å². The molecule has 8 nitrogen and oxygen atoms in total. The van der Waals surface area contributed by atoms with Crippen LogP contribution in [0.25, 0.3) is 0 Å². The number of carbonyl (C=O) groups is 2. The number of anilines is 2. The summed E-state index contributed by atoms with van der Waals surface area (Å²) in [7, 11) is 4.68. The molecule has 0 bridgehead atoms. The van der Waals surface area contributed by atoms with Crippen molar-refractivity contribution < 1.29 is 28.2 Å². The second-order valence-corrected chi connectivity index (χ2v) is 6.67. The van der Waals surface area contributed by atoms with Gasteiger partial charge in [-0.1, -0.05) is 0 Å². The van der Waals surface area contributed by atoms with Crippen LogP contribution >= 0.6 is 0 Å². The van der Waals surface area contributed by atoms with Crippen LogP contribution in [0.3, 0.4) is 0 Å². The first kappa shape index (κ1) is 21.8. The van der Waals surface area contributed by atoms with Crippen molar-refractivity contribution in [3.63, 3.8) is 0 Å². The highest BCUT2D eigenvalue weighted by molar-refractivity contribution is 6.03. The van der Waals surface area contributed by atoms with E-state index < -0.39 is 5.91 Å². The number of benzene rings is 2. The number of amides is 2. The highest BCUT2D eigenvalue weighted by Gasteiger charge is 2.16. The Balaban J connectivity index is 1.77. The number of hydrogen-bond donors (Lipinski definition) is 2. The Kier molecular flexibility index (Phi) is 6.81. The van der Waals surface area contributed by atoms with Gasteiger partial charge in [0, 0.05) is 24.6 Å². The van der Waals surface area contributed by atoms with Crippen LogP contribution in [0, 0.1) is 0 Å². The van der Waals surface area contributed by atoms with Crippen molar-refractivity contribution in [2.24, 2.45) is 0 Å². The van der Waals surface area contributed by atoms with Crippen LogP contribution in [-0.2, 0) is 11.2 Å². The largest absolute Gasteiger partial charge is 0.497 e. The second kappa shape index (κ2) is 9.71. The van der Waals surface area contributed by atoms with Crippen LogP contribution in [-0.4, -0.2) is 33.1 Å². The normalized spacial score (nSPS) is 10.3. The Morgan fingerprint density at radius 3 is 2.29 bits per heavy atom. The van der Waals surface area contributed by atoms with Gasteiger partial charge in [-0.15, -0.1) is 0 Å². The smallest absolute Gasteiger partial charge is 0.291 e. The fraction of sp³-hybridized carbons (Fsp3) is 0.217.